The third kappa shape index (κ3) is 2.96. The zero-order valence-corrected chi connectivity index (χ0v) is 12.7. The molecule has 1 aliphatic rings. The van der Waals surface area contributed by atoms with Gasteiger partial charge in [0.15, 0.2) is 5.54 Å². The van der Waals surface area contributed by atoms with E-state index >= 15 is 0 Å². The summed E-state index contributed by atoms with van der Waals surface area (Å²) in [5.41, 5.74) is 1.57. The first-order valence-electron chi connectivity index (χ1n) is 7.00. The number of carbonyl (C=O) groups is 1. The molecular formula is C16H23NO3. The van der Waals surface area contributed by atoms with Gasteiger partial charge in [-0.3, -0.25) is 0 Å². The fourth-order valence-electron chi connectivity index (χ4n) is 2.69. The van der Waals surface area contributed by atoms with Crippen molar-refractivity contribution in [3.8, 4) is 5.75 Å². The van der Waals surface area contributed by atoms with Gasteiger partial charge < -0.3 is 14.8 Å². The molecule has 1 aromatic carbocycles. The van der Waals surface area contributed by atoms with Crippen LogP contribution in [-0.4, -0.2) is 32.3 Å². The van der Waals surface area contributed by atoms with E-state index in [2.05, 4.69) is 11.4 Å². The van der Waals surface area contributed by atoms with Crippen molar-refractivity contribution in [2.75, 3.05) is 20.8 Å². The average Bonchev–Trinajstić information content (AvgIpc) is 3.23. The minimum atomic E-state index is -0.730. The Balaban J connectivity index is 2.14. The monoisotopic (exact) mass is 277 g/mol. The molecule has 1 unspecified atom stereocenters. The molecule has 0 spiro atoms. The molecule has 0 aliphatic heterocycles. The molecule has 1 aromatic rings. The summed E-state index contributed by atoms with van der Waals surface area (Å²) in [6.07, 6.45) is 2.07. The van der Waals surface area contributed by atoms with Crippen molar-refractivity contribution < 1.29 is 14.3 Å². The third-order valence-corrected chi connectivity index (χ3v) is 3.93. The maximum absolute atomic E-state index is 12.1. The van der Waals surface area contributed by atoms with Crippen molar-refractivity contribution in [1.29, 1.82) is 0 Å². The van der Waals surface area contributed by atoms with Crippen LogP contribution < -0.4 is 10.1 Å². The summed E-state index contributed by atoms with van der Waals surface area (Å²) in [6, 6.07) is 6.06. The maximum Gasteiger partial charge on any atom is 0.329 e. The molecule has 0 aromatic heterocycles. The highest BCUT2D eigenvalue weighted by molar-refractivity contribution is 5.82. The Labute approximate surface area is 120 Å². The number of hydrogen-bond donors (Lipinski definition) is 1. The summed E-state index contributed by atoms with van der Waals surface area (Å²) >= 11 is 0. The van der Waals surface area contributed by atoms with Gasteiger partial charge in [-0.15, -0.1) is 0 Å². The van der Waals surface area contributed by atoms with E-state index < -0.39 is 5.54 Å². The lowest BCUT2D eigenvalue weighted by Gasteiger charge is -2.30. The molecule has 0 radical (unpaired) electrons. The second kappa shape index (κ2) is 5.83. The number of ether oxygens (including phenoxy) is 2. The van der Waals surface area contributed by atoms with Crippen molar-refractivity contribution in [2.24, 2.45) is 5.92 Å². The van der Waals surface area contributed by atoms with Crippen LogP contribution in [0, 0.1) is 19.8 Å². The van der Waals surface area contributed by atoms with E-state index in [1.165, 1.54) is 7.11 Å². The number of rotatable bonds is 6. The second-order valence-electron chi connectivity index (χ2n) is 5.60. The van der Waals surface area contributed by atoms with Gasteiger partial charge in [0, 0.05) is 0 Å². The van der Waals surface area contributed by atoms with Crippen molar-refractivity contribution in [2.45, 2.75) is 32.2 Å². The quantitative estimate of drug-likeness (QED) is 0.810. The van der Waals surface area contributed by atoms with Crippen LogP contribution in [-0.2, 0) is 9.53 Å². The summed E-state index contributed by atoms with van der Waals surface area (Å²) in [5, 5.41) is 3.13. The number of likely N-dealkylation sites (N-methyl/N-ethyl adjacent to an activating group) is 1. The highest BCUT2D eigenvalue weighted by atomic mass is 16.5. The summed E-state index contributed by atoms with van der Waals surface area (Å²) < 4.78 is 10.8. The molecule has 2 rings (SSSR count). The van der Waals surface area contributed by atoms with Gasteiger partial charge in [0.25, 0.3) is 0 Å². The third-order valence-electron chi connectivity index (χ3n) is 3.93. The Hall–Kier alpha value is -1.55. The second-order valence-corrected chi connectivity index (χ2v) is 5.60. The number of methoxy groups -OCH3 is 1. The molecule has 1 saturated carbocycles. The summed E-state index contributed by atoms with van der Waals surface area (Å²) in [6.45, 7) is 4.36. The predicted octanol–water partition coefficient (Wildman–Crippen LogP) is 2.22. The van der Waals surface area contributed by atoms with Crippen LogP contribution in [0.3, 0.4) is 0 Å². The van der Waals surface area contributed by atoms with Gasteiger partial charge in [-0.1, -0.05) is 6.07 Å². The Kier molecular flexibility index (Phi) is 4.33. The normalized spacial score (nSPS) is 17.4. The molecule has 4 heteroatoms. The SMILES string of the molecule is CNC(COc1cc(C)cc(C)c1)(C(=O)OC)C1CC1. The van der Waals surface area contributed by atoms with Gasteiger partial charge in [-0.05, 0) is 62.9 Å². The Morgan fingerprint density at radius 3 is 2.35 bits per heavy atom. The predicted molar refractivity (Wildman–Crippen MR) is 77.9 cm³/mol. The van der Waals surface area contributed by atoms with Crippen LogP contribution in [0.15, 0.2) is 18.2 Å². The van der Waals surface area contributed by atoms with Gasteiger partial charge in [0.05, 0.1) is 7.11 Å². The summed E-state index contributed by atoms with van der Waals surface area (Å²) in [5.74, 6) is 0.851. The van der Waals surface area contributed by atoms with Crippen molar-refractivity contribution >= 4 is 5.97 Å². The molecule has 110 valence electrons. The van der Waals surface area contributed by atoms with Crippen LogP contribution in [0.2, 0.25) is 0 Å². The fourth-order valence-corrected chi connectivity index (χ4v) is 2.69. The molecule has 0 bridgehead atoms. The van der Waals surface area contributed by atoms with Crippen LogP contribution in [0.4, 0.5) is 0 Å². The van der Waals surface area contributed by atoms with Gasteiger partial charge in [-0.25, -0.2) is 4.79 Å². The Morgan fingerprint density at radius 1 is 1.30 bits per heavy atom. The lowest BCUT2D eigenvalue weighted by atomic mass is 9.94. The molecule has 0 amide bonds. The van der Waals surface area contributed by atoms with E-state index in [9.17, 15) is 4.79 Å². The van der Waals surface area contributed by atoms with E-state index in [0.29, 0.717) is 12.5 Å². The number of nitrogens with one attached hydrogen (secondary N) is 1. The van der Waals surface area contributed by atoms with E-state index in [1.807, 2.05) is 26.0 Å². The molecule has 1 N–H and O–H groups in total. The van der Waals surface area contributed by atoms with Gasteiger partial charge >= 0.3 is 5.97 Å². The number of benzene rings is 1. The minimum Gasteiger partial charge on any atom is -0.491 e. The molecule has 1 aliphatic carbocycles. The average molecular weight is 277 g/mol. The van der Waals surface area contributed by atoms with Crippen LogP contribution >= 0.6 is 0 Å². The largest absolute Gasteiger partial charge is 0.491 e. The zero-order chi connectivity index (χ0) is 14.8. The standard InChI is InChI=1S/C16H23NO3/c1-11-7-12(2)9-14(8-11)20-10-16(17-3,13-5-6-13)15(18)19-4/h7-9,13,17H,5-6,10H2,1-4H3. The first kappa shape index (κ1) is 14.9. The van der Waals surface area contributed by atoms with Gasteiger partial charge in [0.1, 0.15) is 12.4 Å². The molecule has 0 saturated heterocycles. The lowest BCUT2D eigenvalue weighted by molar-refractivity contribution is -0.151. The lowest BCUT2D eigenvalue weighted by Crippen LogP contribution is -2.57. The topological polar surface area (TPSA) is 47.6 Å². The Bertz CT molecular complexity index is 476. The molecule has 1 fully saturated rings. The first-order chi connectivity index (χ1) is 9.51. The molecule has 4 nitrogen and oxygen atoms in total. The van der Waals surface area contributed by atoms with Gasteiger partial charge in [0.2, 0.25) is 0 Å². The summed E-state index contributed by atoms with van der Waals surface area (Å²) in [7, 11) is 3.22. The van der Waals surface area contributed by atoms with E-state index in [-0.39, 0.29) is 5.97 Å². The van der Waals surface area contributed by atoms with Crippen LogP contribution in [0.25, 0.3) is 0 Å². The highest BCUT2D eigenvalue weighted by Crippen LogP contribution is 2.40. The first-order valence-corrected chi connectivity index (χ1v) is 7.00. The van der Waals surface area contributed by atoms with E-state index in [4.69, 9.17) is 9.47 Å². The number of aryl methyl sites for hydroxylation is 2. The summed E-state index contributed by atoms with van der Waals surface area (Å²) in [4.78, 5) is 12.1. The molecular weight excluding hydrogens is 254 g/mol. The molecule has 20 heavy (non-hydrogen) atoms. The van der Waals surface area contributed by atoms with Gasteiger partial charge in [-0.2, -0.15) is 0 Å². The molecule has 0 heterocycles. The van der Waals surface area contributed by atoms with Crippen LogP contribution in [0.5, 0.6) is 5.75 Å². The molecule has 1 atom stereocenters. The van der Waals surface area contributed by atoms with Crippen molar-refractivity contribution in [1.82, 2.24) is 5.32 Å². The van der Waals surface area contributed by atoms with Crippen molar-refractivity contribution in [3.05, 3.63) is 29.3 Å². The zero-order valence-electron chi connectivity index (χ0n) is 12.7. The maximum atomic E-state index is 12.1. The van der Waals surface area contributed by atoms with E-state index in [0.717, 1.165) is 29.7 Å². The minimum absolute atomic E-state index is 0.244. The fraction of sp³-hybridized carbons (Fsp3) is 0.562. The highest BCUT2D eigenvalue weighted by Gasteiger charge is 2.51. The smallest absolute Gasteiger partial charge is 0.329 e. The van der Waals surface area contributed by atoms with E-state index in [1.54, 1.807) is 7.05 Å². The number of esters is 1. The number of hydrogen-bond acceptors (Lipinski definition) is 4. The van der Waals surface area contributed by atoms with Crippen LogP contribution in [0.1, 0.15) is 24.0 Å². The Morgan fingerprint density at radius 2 is 1.90 bits per heavy atom. The van der Waals surface area contributed by atoms with Crippen molar-refractivity contribution in [3.63, 3.8) is 0 Å². The number of carbonyl (C=O) groups excluding carboxylic acids is 1.